The predicted octanol–water partition coefficient (Wildman–Crippen LogP) is 0.305. The van der Waals surface area contributed by atoms with Crippen molar-refractivity contribution in [2.75, 3.05) is 20.1 Å². The number of rotatable bonds is 6. The van der Waals surface area contributed by atoms with Crippen molar-refractivity contribution in [2.45, 2.75) is 17.7 Å². The molecule has 10 heteroatoms. The molecule has 1 aliphatic heterocycles. The Hall–Kier alpha value is -2.75. The average Bonchev–Trinajstić information content (AvgIpc) is 3.18. The fraction of sp³-hybridized carbons (Fsp3) is 0.333. The highest BCUT2D eigenvalue weighted by Crippen LogP contribution is 2.29. The number of aromatic nitrogens is 2. The SMILES string of the molecule is CN(CCc1ncon1)C(=O)CCN1C(=O)c2ccccc2S1(=O)=O. The van der Waals surface area contributed by atoms with Crippen molar-refractivity contribution in [1.82, 2.24) is 19.3 Å². The quantitative estimate of drug-likeness (QED) is 0.724. The zero-order valence-electron chi connectivity index (χ0n) is 13.5. The van der Waals surface area contributed by atoms with E-state index < -0.39 is 15.9 Å². The molecular formula is C15H16N4O5S. The Bertz CT molecular complexity index is 894. The zero-order chi connectivity index (χ0) is 18.0. The van der Waals surface area contributed by atoms with E-state index in [-0.39, 0.29) is 29.3 Å². The minimum Gasteiger partial charge on any atom is -0.345 e. The summed E-state index contributed by atoms with van der Waals surface area (Å²) in [5.74, 6) is -0.396. The summed E-state index contributed by atoms with van der Waals surface area (Å²) in [7, 11) is -2.29. The van der Waals surface area contributed by atoms with Crippen molar-refractivity contribution in [3.63, 3.8) is 0 Å². The number of carbonyl (C=O) groups excluding carboxylic acids is 2. The Morgan fingerprint density at radius 3 is 2.76 bits per heavy atom. The second-order valence-corrected chi connectivity index (χ2v) is 7.37. The van der Waals surface area contributed by atoms with E-state index in [0.29, 0.717) is 18.8 Å². The first kappa shape index (κ1) is 17.1. The van der Waals surface area contributed by atoms with E-state index in [4.69, 9.17) is 0 Å². The molecule has 0 N–H and O–H groups in total. The fourth-order valence-corrected chi connectivity index (χ4v) is 4.10. The Balaban J connectivity index is 1.60. The second-order valence-electron chi connectivity index (χ2n) is 5.54. The summed E-state index contributed by atoms with van der Waals surface area (Å²) < 4.78 is 30.2. The van der Waals surface area contributed by atoms with Gasteiger partial charge in [-0.15, -0.1) is 0 Å². The second kappa shape index (κ2) is 6.63. The topological polar surface area (TPSA) is 114 Å². The van der Waals surface area contributed by atoms with Gasteiger partial charge in [0.1, 0.15) is 4.90 Å². The first-order valence-electron chi connectivity index (χ1n) is 7.56. The van der Waals surface area contributed by atoms with Gasteiger partial charge in [-0.1, -0.05) is 17.3 Å². The zero-order valence-corrected chi connectivity index (χ0v) is 14.3. The minimum atomic E-state index is -3.88. The lowest BCUT2D eigenvalue weighted by atomic mass is 10.2. The summed E-state index contributed by atoms with van der Waals surface area (Å²) in [4.78, 5) is 29.7. The van der Waals surface area contributed by atoms with Crippen LogP contribution in [0, 0.1) is 0 Å². The van der Waals surface area contributed by atoms with E-state index in [1.165, 1.54) is 23.4 Å². The number of likely N-dealkylation sites (N-methyl/N-ethyl adjacent to an activating group) is 1. The standard InChI is InChI=1S/C15H16N4O5S/c1-18(8-6-13-16-10-24-17-13)14(20)7-9-19-15(21)11-4-2-3-5-12(11)25(19,22)23/h2-5,10H,6-9H2,1H3. The van der Waals surface area contributed by atoms with Gasteiger partial charge < -0.3 is 9.42 Å². The van der Waals surface area contributed by atoms with Gasteiger partial charge in [-0.2, -0.15) is 4.98 Å². The van der Waals surface area contributed by atoms with Crippen LogP contribution in [-0.2, 0) is 21.2 Å². The molecule has 0 atom stereocenters. The van der Waals surface area contributed by atoms with Gasteiger partial charge >= 0.3 is 0 Å². The van der Waals surface area contributed by atoms with Gasteiger partial charge in [0, 0.05) is 33.0 Å². The first-order chi connectivity index (χ1) is 11.9. The van der Waals surface area contributed by atoms with Crippen molar-refractivity contribution in [2.24, 2.45) is 0 Å². The molecule has 1 aromatic heterocycles. The highest BCUT2D eigenvalue weighted by Gasteiger charge is 2.40. The number of benzene rings is 1. The van der Waals surface area contributed by atoms with Gasteiger partial charge in [0.25, 0.3) is 15.9 Å². The van der Waals surface area contributed by atoms with Gasteiger partial charge in [0.05, 0.1) is 5.56 Å². The lowest BCUT2D eigenvalue weighted by Crippen LogP contribution is -2.36. The monoisotopic (exact) mass is 364 g/mol. The number of sulfonamides is 1. The van der Waals surface area contributed by atoms with Crippen LogP contribution < -0.4 is 0 Å². The molecule has 3 rings (SSSR count). The summed E-state index contributed by atoms with van der Waals surface area (Å²) in [5.41, 5.74) is 0.139. The molecule has 2 aromatic rings. The number of hydrogen-bond donors (Lipinski definition) is 0. The number of hydrogen-bond acceptors (Lipinski definition) is 7. The third-order valence-electron chi connectivity index (χ3n) is 3.94. The molecule has 0 radical (unpaired) electrons. The normalized spacial score (nSPS) is 15.2. The van der Waals surface area contributed by atoms with E-state index in [1.807, 2.05) is 0 Å². The van der Waals surface area contributed by atoms with Crippen LogP contribution in [0.3, 0.4) is 0 Å². The maximum Gasteiger partial charge on any atom is 0.269 e. The summed E-state index contributed by atoms with van der Waals surface area (Å²) in [5, 5.41) is 3.65. The Kier molecular flexibility index (Phi) is 4.53. The largest absolute Gasteiger partial charge is 0.345 e. The summed E-state index contributed by atoms with van der Waals surface area (Å²) >= 11 is 0. The van der Waals surface area contributed by atoms with Crippen LogP contribution in [0.1, 0.15) is 22.6 Å². The van der Waals surface area contributed by atoms with Crippen molar-refractivity contribution in [1.29, 1.82) is 0 Å². The first-order valence-corrected chi connectivity index (χ1v) is 9.00. The third kappa shape index (κ3) is 3.25. The molecule has 9 nitrogen and oxygen atoms in total. The lowest BCUT2D eigenvalue weighted by molar-refractivity contribution is -0.129. The number of carbonyl (C=O) groups is 2. The van der Waals surface area contributed by atoms with Gasteiger partial charge in [-0.25, -0.2) is 12.7 Å². The molecule has 0 saturated carbocycles. The molecule has 0 saturated heterocycles. The van der Waals surface area contributed by atoms with Crippen LogP contribution >= 0.6 is 0 Å². The average molecular weight is 364 g/mol. The molecule has 2 heterocycles. The van der Waals surface area contributed by atoms with Crippen molar-refractivity contribution >= 4 is 21.8 Å². The van der Waals surface area contributed by atoms with Crippen molar-refractivity contribution < 1.29 is 22.5 Å². The third-order valence-corrected chi connectivity index (χ3v) is 5.78. The van der Waals surface area contributed by atoms with Gasteiger partial charge in [-0.05, 0) is 12.1 Å². The van der Waals surface area contributed by atoms with Gasteiger partial charge in [-0.3, -0.25) is 9.59 Å². The number of amides is 2. The highest BCUT2D eigenvalue weighted by atomic mass is 32.2. The minimum absolute atomic E-state index is 0.0158. The van der Waals surface area contributed by atoms with Crippen LogP contribution in [-0.4, -0.2) is 59.7 Å². The molecule has 0 unspecified atom stereocenters. The summed E-state index contributed by atoms with van der Waals surface area (Å²) in [6, 6.07) is 6.02. The molecule has 0 bridgehead atoms. The van der Waals surface area contributed by atoms with E-state index in [1.54, 1.807) is 19.2 Å². The smallest absolute Gasteiger partial charge is 0.269 e. The highest BCUT2D eigenvalue weighted by molar-refractivity contribution is 7.90. The Morgan fingerprint density at radius 2 is 2.08 bits per heavy atom. The Morgan fingerprint density at radius 1 is 1.32 bits per heavy atom. The lowest BCUT2D eigenvalue weighted by Gasteiger charge is -2.19. The van der Waals surface area contributed by atoms with E-state index in [0.717, 1.165) is 4.31 Å². The van der Waals surface area contributed by atoms with Crippen LogP contribution in [0.4, 0.5) is 0 Å². The number of nitrogens with zero attached hydrogens (tertiary/aromatic N) is 4. The predicted molar refractivity (Wildman–Crippen MR) is 84.9 cm³/mol. The maximum atomic E-state index is 12.4. The summed E-state index contributed by atoms with van der Waals surface area (Å²) in [6.45, 7) is 0.167. The van der Waals surface area contributed by atoms with Crippen LogP contribution in [0.2, 0.25) is 0 Å². The van der Waals surface area contributed by atoms with E-state index >= 15 is 0 Å². The van der Waals surface area contributed by atoms with Crippen molar-refractivity contribution in [3.05, 3.63) is 42.0 Å². The molecule has 1 aromatic carbocycles. The molecule has 0 aliphatic carbocycles. The van der Waals surface area contributed by atoms with E-state index in [9.17, 15) is 18.0 Å². The van der Waals surface area contributed by atoms with Gasteiger partial charge in [0.2, 0.25) is 12.3 Å². The molecule has 1 aliphatic rings. The fourth-order valence-electron chi connectivity index (χ4n) is 2.54. The van der Waals surface area contributed by atoms with Crippen LogP contribution in [0.5, 0.6) is 0 Å². The molecule has 0 spiro atoms. The molecule has 132 valence electrons. The molecule has 25 heavy (non-hydrogen) atoms. The van der Waals surface area contributed by atoms with Crippen LogP contribution in [0.15, 0.2) is 40.1 Å². The maximum absolute atomic E-state index is 12.4. The van der Waals surface area contributed by atoms with Gasteiger partial charge in [0.15, 0.2) is 5.82 Å². The molecular weight excluding hydrogens is 348 g/mol. The number of fused-ring (bicyclic) bond motifs is 1. The van der Waals surface area contributed by atoms with Crippen LogP contribution in [0.25, 0.3) is 0 Å². The Labute approximate surface area is 144 Å². The van der Waals surface area contributed by atoms with E-state index in [2.05, 4.69) is 14.7 Å². The van der Waals surface area contributed by atoms with Crippen molar-refractivity contribution in [3.8, 4) is 0 Å². The molecule has 2 amide bonds. The summed E-state index contributed by atoms with van der Waals surface area (Å²) in [6.07, 6.45) is 1.53. The molecule has 0 fully saturated rings.